The fourth-order valence-corrected chi connectivity index (χ4v) is 3.83. The molecular formula is C24H30N6O2. The maximum absolute atomic E-state index is 13.0. The maximum Gasteiger partial charge on any atom is 0.238 e. The summed E-state index contributed by atoms with van der Waals surface area (Å²) in [5.41, 5.74) is 3.19. The van der Waals surface area contributed by atoms with Gasteiger partial charge < -0.3 is 15.2 Å². The number of hydrogen-bond acceptors (Lipinski definition) is 7. The average Bonchev–Trinajstić information content (AvgIpc) is 3.27. The molecule has 2 aromatic heterocycles. The molecule has 2 N–H and O–H groups in total. The van der Waals surface area contributed by atoms with Crippen LogP contribution in [0.2, 0.25) is 0 Å². The fraction of sp³-hybridized carbons (Fsp3) is 0.417. The lowest BCUT2D eigenvalue weighted by Crippen LogP contribution is -2.41. The van der Waals surface area contributed by atoms with Crippen molar-refractivity contribution in [1.82, 2.24) is 20.4 Å². The molecule has 1 aromatic carbocycles. The summed E-state index contributed by atoms with van der Waals surface area (Å²) in [6, 6.07) is 10.1. The van der Waals surface area contributed by atoms with Crippen molar-refractivity contribution in [2.45, 2.75) is 65.6 Å². The Hall–Kier alpha value is -3.26. The van der Waals surface area contributed by atoms with Crippen LogP contribution in [0.3, 0.4) is 0 Å². The van der Waals surface area contributed by atoms with Crippen molar-refractivity contribution in [3.63, 3.8) is 0 Å². The van der Waals surface area contributed by atoms with Gasteiger partial charge in [-0.1, -0.05) is 24.2 Å². The highest BCUT2D eigenvalue weighted by atomic mass is 16.5. The third-order valence-corrected chi connectivity index (χ3v) is 5.98. The van der Waals surface area contributed by atoms with E-state index in [1.807, 2.05) is 43.9 Å². The smallest absolute Gasteiger partial charge is 0.238 e. The van der Waals surface area contributed by atoms with Gasteiger partial charge in [-0.05, 0) is 51.8 Å². The summed E-state index contributed by atoms with van der Waals surface area (Å²) in [4.78, 5) is 24.0. The van der Waals surface area contributed by atoms with Gasteiger partial charge in [0.05, 0.1) is 11.1 Å². The molecule has 0 spiro atoms. The monoisotopic (exact) mass is 434 g/mol. The molecule has 0 saturated heterocycles. The highest BCUT2D eigenvalue weighted by Gasteiger charge is 2.46. The number of aromatic nitrogens is 3. The summed E-state index contributed by atoms with van der Waals surface area (Å²) >= 11 is 0. The number of carbonyl (C=O) groups excluding carboxylic acids is 1. The summed E-state index contributed by atoms with van der Waals surface area (Å²) in [5.74, 6) is 2.07. The Morgan fingerprint density at radius 3 is 2.59 bits per heavy atom. The molecule has 0 radical (unpaired) electrons. The van der Waals surface area contributed by atoms with Crippen molar-refractivity contribution in [3.05, 3.63) is 59.1 Å². The second-order valence-electron chi connectivity index (χ2n) is 8.84. The van der Waals surface area contributed by atoms with E-state index in [1.165, 1.54) is 0 Å². The number of benzene rings is 1. The number of carbonyl (C=O) groups is 1. The van der Waals surface area contributed by atoms with Gasteiger partial charge in [-0.25, -0.2) is 4.98 Å². The van der Waals surface area contributed by atoms with E-state index in [2.05, 4.69) is 46.8 Å². The second-order valence-corrected chi connectivity index (χ2v) is 8.84. The van der Waals surface area contributed by atoms with Crippen LogP contribution in [0.4, 0.5) is 17.5 Å². The first-order chi connectivity index (χ1) is 15.3. The predicted octanol–water partition coefficient (Wildman–Crippen LogP) is 4.23. The first kappa shape index (κ1) is 22.0. The molecule has 4 rings (SSSR count). The number of nitrogens with zero attached hydrogens (tertiary/aromatic N) is 4. The number of aryl methyl sites for hydroxylation is 1. The van der Waals surface area contributed by atoms with Crippen LogP contribution in [0.25, 0.3) is 0 Å². The van der Waals surface area contributed by atoms with Crippen molar-refractivity contribution in [2.75, 3.05) is 10.2 Å². The molecular weight excluding hydrogens is 404 g/mol. The van der Waals surface area contributed by atoms with Gasteiger partial charge >= 0.3 is 0 Å². The van der Waals surface area contributed by atoms with Crippen molar-refractivity contribution in [1.29, 1.82) is 0 Å². The third kappa shape index (κ3) is 4.23. The Bertz CT molecular complexity index is 1110. The van der Waals surface area contributed by atoms with Gasteiger partial charge in [0, 0.05) is 42.6 Å². The maximum atomic E-state index is 13.0. The van der Waals surface area contributed by atoms with Gasteiger partial charge in [0.2, 0.25) is 11.9 Å². The largest absolute Gasteiger partial charge is 0.361 e. The van der Waals surface area contributed by atoms with Gasteiger partial charge in [0.25, 0.3) is 0 Å². The van der Waals surface area contributed by atoms with E-state index in [-0.39, 0.29) is 11.9 Å². The van der Waals surface area contributed by atoms with E-state index in [4.69, 9.17) is 9.51 Å². The van der Waals surface area contributed by atoms with Crippen molar-refractivity contribution < 1.29 is 9.32 Å². The highest BCUT2D eigenvalue weighted by molar-refractivity contribution is 6.07. The van der Waals surface area contributed by atoms with E-state index in [0.717, 1.165) is 41.2 Å². The minimum atomic E-state index is -0.614. The Labute approximate surface area is 188 Å². The normalized spacial score (nSPS) is 15.7. The fourth-order valence-electron chi connectivity index (χ4n) is 3.83. The lowest BCUT2D eigenvalue weighted by atomic mass is 9.88. The summed E-state index contributed by atoms with van der Waals surface area (Å²) in [7, 11) is 0. The lowest BCUT2D eigenvalue weighted by Gasteiger charge is -2.25. The number of anilines is 3. The van der Waals surface area contributed by atoms with E-state index < -0.39 is 5.41 Å². The second kappa shape index (κ2) is 8.70. The summed E-state index contributed by atoms with van der Waals surface area (Å²) in [5, 5.41) is 10.6. The molecule has 32 heavy (non-hydrogen) atoms. The molecule has 0 bridgehead atoms. The van der Waals surface area contributed by atoms with Crippen molar-refractivity contribution in [2.24, 2.45) is 0 Å². The Morgan fingerprint density at radius 1 is 1.19 bits per heavy atom. The van der Waals surface area contributed by atoms with Crippen LogP contribution in [0, 0.1) is 6.92 Å². The number of fused-ring (bicyclic) bond motifs is 1. The zero-order chi connectivity index (χ0) is 22.9. The summed E-state index contributed by atoms with van der Waals surface area (Å²) in [6.45, 7) is 11.3. The Balaban J connectivity index is 1.43. The third-order valence-electron chi connectivity index (χ3n) is 5.98. The molecule has 168 valence electrons. The van der Waals surface area contributed by atoms with Gasteiger partial charge in [-0.15, -0.1) is 0 Å². The predicted molar refractivity (Wildman–Crippen MR) is 124 cm³/mol. The highest BCUT2D eigenvalue weighted by Crippen LogP contribution is 2.41. The van der Waals surface area contributed by atoms with Crippen LogP contribution in [0.1, 0.15) is 56.7 Å². The minimum Gasteiger partial charge on any atom is -0.361 e. The molecule has 1 atom stereocenters. The lowest BCUT2D eigenvalue weighted by molar-refractivity contribution is -0.122. The molecule has 0 unspecified atom stereocenters. The van der Waals surface area contributed by atoms with Gasteiger partial charge in [-0.2, -0.15) is 4.98 Å². The van der Waals surface area contributed by atoms with Crippen LogP contribution in [-0.4, -0.2) is 27.1 Å². The van der Waals surface area contributed by atoms with Crippen molar-refractivity contribution in [3.8, 4) is 0 Å². The van der Waals surface area contributed by atoms with Gasteiger partial charge in [0.15, 0.2) is 0 Å². The summed E-state index contributed by atoms with van der Waals surface area (Å²) < 4.78 is 5.08. The zero-order valence-electron chi connectivity index (χ0n) is 19.3. The Morgan fingerprint density at radius 2 is 1.94 bits per heavy atom. The van der Waals surface area contributed by atoms with E-state index in [1.54, 1.807) is 6.20 Å². The molecule has 0 saturated carbocycles. The quantitative estimate of drug-likeness (QED) is 0.548. The molecule has 0 aliphatic carbocycles. The summed E-state index contributed by atoms with van der Waals surface area (Å²) in [6.07, 6.45) is 2.63. The topological polar surface area (TPSA) is 96.2 Å². The molecule has 0 fully saturated rings. The van der Waals surface area contributed by atoms with Crippen LogP contribution in [0.5, 0.6) is 0 Å². The SMILES string of the molecule is CC[C@H](C)N1C(=O)C(C)(C)c2cnc(Nc3ccc(CNCc4cc(C)on4)cc3)nc21. The molecule has 1 aliphatic rings. The zero-order valence-corrected chi connectivity index (χ0v) is 19.3. The van der Waals surface area contributed by atoms with Crippen LogP contribution >= 0.6 is 0 Å². The molecule has 1 aliphatic heterocycles. The first-order valence-electron chi connectivity index (χ1n) is 11.0. The molecule has 8 heteroatoms. The molecule has 3 aromatic rings. The number of nitrogens with one attached hydrogen (secondary N) is 2. The van der Waals surface area contributed by atoms with Gasteiger partial charge in [0.1, 0.15) is 11.6 Å². The van der Waals surface area contributed by atoms with Crippen LogP contribution in [-0.2, 0) is 23.3 Å². The van der Waals surface area contributed by atoms with E-state index >= 15 is 0 Å². The molecule has 1 amide bonds. The molecule has 3 heterocycles. The minimum absolute atomic E-state index is 0.0749. The Kier molecular flexibility index (Phi) is 5.97. The standard InChI is InChI=1S/C24H30N6O2/c1-6-15(2)30-21-20(24(4,5)22(30)31)14-26-23(28-21)27-18-9-7-17(8-10-18)12-25-13-19-11-16(3)32-29-19/h7-11,14-15,25H,6,12-13H2,1-5H3,(H,26,27,28)/t15-/m0/s1. The number of hydrogen-bond donors (Lipinski definition) is 2. The van der Waals surface area contributed by atoms with E-state index in [9.17, 15) is 4.79 Å². The van der Waals surface area contributed by atoms with Crippen LogP contribution < -0.4 is 15.5 Å². The first-order valence-corrected chi connectivity index (χ1v) is 11.0. The molecule has 8 nitrogen and oxygen atoms in total. The van der Waals surface area contributed by atoms with Crippen molar-refractivity contribution >= 4 is 23.4 Å². The van der Waals surface area contributed by atoms with Crippen LogP contribution in [0.15, 0.2) is 41.1 Å². The number of rotatable bonds is 8. The van der Waals surface area contributed by atoms with E-state index in [0.29, 0.717) is 18.3 Å². The average molecular weight is 435 g/mol. The number of amides is 1. The van der Waals surface area contributed by atoms with Gasteiger partial charge in [-0.3, -0.25) is 9.69 Å².